The van der Waals surface area contributed by atoms with Crippen LogP contribution in [0.25, 0.3) is 0 Å². The Morgan fingerprint density at radius 3 is 2.33 bits per heavy atom. The van der Waals surface area contributed by atoms with E-state index in [9.17, 15) is 9.59 Å². The minimum atomic E-state index is -0.974. The number of carbonyl (C=O) groups is 2. The summed E-state index contributed by atoms with van der Waals surface area (Å²) in [6.45, 7) is 1.88. The van der Waals surface area contributed by atoms with Gasteiger partial charge in [-0.1, -0.05) is 0 Å². The summed E-state index contributed by atoms with van der Waals surface area (Å²) < 4.78 is 5.65. The molecular formula is C10H15NO4. The fourth-order valence-electron chi connectivity index (χ4n) is 2.48. The minimum Gasteiger partial charge on any atom is -0.479 e. The second kappa shape index (κ2) is 3.20. The van der Waals surface area contributed by atoms with Crippen molar-refractivity contribution in [1.82, 2.24) is 5.32 Å². The average molecular weight is 213 g/mol. The fraction of sp³-hybridized carbons (Fsp3) is 0.800. The number of nitrogens with one attached hydrogen (secondary N) is 1. The van der Waals surface area contributed by atoms with Crippen LogP contribution >= 0.6 is 0 Å². The highest BCUT2D eigenvalue weighted by molar-refractivity contribution is 5.78. The van der Waals surface area contributed by atoms with Crippen molar-refractivity contribution in [3.63, 3.8) is 0 Å². The Morgan fingerprint density at radius 2 is 1.93 bits per heavy atom. The van der Waals surface area contributed by atoms with E-state index in [0.29, 0.717) is 19.4 Å². The van der Waals surface area contributed by atoms with E-state index in [-0.39, 0.29) is 5.91 Å². The van der Waals surface area contributed by atoms with Crippen LogP contribution in [0.4, 0.5) is 0 Å². The lowest BCUT2D eigenvalue weighted by Crippen LogP contribution is -2.40. The molecule has 0 aromatic carbocycles. The van der Waals surface area contributed by atoms with Gasteiger partial charge in [0.2, 0.25) is 5.91 Å². The Labute approximate surface area is 87.8 Å². The normalized spacial score (nSPS) is 37.9. The Balaban J connectivity index is 2.04. The van der Waals surface area contributed by atoms with Gasteiger partial charge in [-0.3, -0.25) is 4.79 Å². The zero-order valence-corrected chi connectivity index (χ0v) is 8.71. The third-order valence-corrected chi connectivity index (χ3v) is 3.43. The number of ether oxygens (including phenoxy) is 1. The molecule has 5 heteroatoms. The number of aliphatic carboxylic acids is 1. The molecular weight excluding hydrogens is 198 g/mol. The number of carboxylic acids is 1. The monoisotopic (exact) mass is 213 g/mol. The number of hydrogen-bond acceptors (Lipinski definition) is 3. The molecule has 2 saturated heterocycles. The first-order valence-electron chi connectivity index (χ1n) is 5.16. The van der Waals surface area contributed by atoms with E-state index in [0.717, 1.165) is 12.8 Å². The molecule has 5 nitrogen and oxygen atoms in total. The van der Waals surface area contributed by atoms with Crippen molar-refractivity contribution in [2.45, 2.75) is 43.8 Å². The van der Waals surface area contributed by atoms with Crippen molar-refractivity contribution in [2.24, 2.45) is 0 Å². The first-order chi connectivity index (χ1) is 6.98. The maximum Gasteiger partial charge on any atom is 0.336 e. The molecule has 2 N–H and O–H groups in total. The molecule has 15 heavy (non-hydrogen) atoms. The van der Waals surface area contributed by atoms with Crippen LogP contribution in [0.1, 0.15) is 32.6 Å². The Bertz CT molecular complexity index is 305. The highest BCUT2D eigenvalue weighted by atomic mass is 16.6. The van der Waals surface area contributed by atoms with Crippen LogP contribution in [0.5, 0.6) is 0 Å². The van der Waals surface area contributed by atoms with Gasteiger partial charge in [-0.25, -0.2) is 4.79 Å². The third-order valence-electron chi connectivity index (χ3n) is 3.43. The Morgan fingerprint density at radius 1 is 1.33 bits per heavy atom. The molecule has 0 radical (unpaired) electrons. The lowest BCUT2D eigenvalue weighted by Gasteiger charge is -2.23. The van der Waals surface area contributed by atoms with E-state index in [2.05, 4.69) is 5.32 Å². The Hall–Kier alpha value is -1.10. The second-order valence-electron chi connectivity index (χ2n) is 4.49. The molecule has 2 rings (SSSR count). The number of amides is 1. The average Bonchev–Trinajstić information content (AvgIpc) is 2.72. The van der Waals surface area contributed by atoms with E-state index in [4.69, 9.17) is 9.84 Å². The predicted molar refractivity (Wildman–Crippen MR) is 51.3 cm³/mol. The van der Waals surface area contributed by atoms with Crippen molar-refractivity contribution in [3.05, 3.63) is 0 Å². The lowest BCUT2D eigenvalue weighted by molar-refractivity contribution is -0.162. The highest BCUT2D eigenvalue weighted by Gasteiger charge is 2.59. The summed E-state index contributed by atoms with van der Waals surface area (Å²) in [6, 6.07) is 0. The number of hydrogen-bond donors (Lipinski definition) is 2. The van der Waals surface area contributed by atoms with Crippen LogP contribution in [0.2, 0.25) is 0 Å². The van der Waals surface area contributed by atoms with Crippen LogP contribution in [-0.4, -0.2) is 34.7 Å². The van der Waals surface area contributed by atoms with Crippen LogP contribution in [0.15, 0.2) is 0 Å². The maximum atomic E-state index is 11.0. The van der Waals surface area contributed by atoms with Gasteiger partial charge in [-0.15, -0.1) is 0 Å². The standard InChI is InChI=1S/C10H15NO4/c1-7(12)11-6-9-2-4-10(15-9,5-3-9)8(13)14/h2-6H2,1H3,(H,11,12)(H,13,14). The molecule has 2 bridgehead atoms. The van der Waals surface area contributed by atoms with Crippen LogP contribution in [0, 0.1) is 0 Å². The van der Waals surface area contributed by atoms with Gasteiger partial charge < -0.3 is 15.2 Å². The third kappa shape index (κ3) is 1.61. The molecule has 0 aliphatic carbocycles. The lowest BCUT2D eigenvalue weighted by atomic mass is 9.82. The SMILES string of the molecule is CC(=O)NCC12CCC(C(=O)O)(CC1)O2. The number of carbonyl (C=O) groups excluding carboxylic acids is 1. The number of carboxylic acid groups (broad SMARTS) is 1. The first-order valence-corrected chi connectivity index (χ1v) is 5.16. The van der Waals surface area contributed by atoms with E-state index in [1.54, 1.807) is 0 Å². The van der Waals surface area contributed by atoms with E-state index in [1.165, 1.54) is 6.92 Å². The van der Waals surface area contributed by atoms with Crippen LogP contribution < -0.4 is 5.32 Å². The molecule has 0 aromatic rings. The summed E-state index contributed by atoms with van der Waals surface area (Å²) in [7, 11) is 0. The molecule has 0 atom stereocenters. The summed E-state index contributed by atoms with van der Waals surface area (Å²) in [4.78, 5) is 21.9. The van der Waals surface area contributed by atoms with Crippen molar-refractivity contribution in [2.75, 3.05) is 6.54 Å². The van der Waals surface area contributed by atoms with Gasteiger partial charge in [0, 0.05) is 13.5 Å². The summed E-state index contributed by atoms with van der Waals surface area (Å²) in [5.41, 5.74) is -1.40. The van der Waals surface area contributed by atoms with Gasteiger partial charge >= 0.3 is 5.97 Å². The van der Waals surface area contributed by atoms with Gasteiger partial charge in [-0.05, 0) is 25.7 Å². The minimum absolute atomic E-state index is 0.104. The maximum absolute atomic E-state index is 11.0. The molecule has 2 aliphatic rings. The molecule has 84 valence electrons. The van der Waals surface area contributed by atoms with Crippen molar-refractivity contribution < 1.29 is 19.4 Å². The van der Waals surface area contributed by atoms with Crippen molar-refractivity contribution >= 4 is 11.9 Å². The highest BCUT2D eigenvalue weighted by Crippen LogP contribution is 2.50. The van der Waals surface area contributed by atoms with E-state index >= 15 is 0 Å². The molecule has 2 heterocycles. The summed E-state index contributed by atoms with van der Waals surface area (Å²) >= 11 is 0. The van der Waals surface area contributed by atoms with E-state index < -0.39 is 17.2 Å². The molecule has 0 saturated carbocycles. The largest absolute Gasteiger partial charge is 0.479 e. The quantitative estimate of drug-likeness (QED) is 0.706. The molecule has 0 unspecified atom stereocenters. The number of rotatable bonds is 3. The van der Waals surface area contributed by atoms with Gasteiger partial charge in [-0.2, -0.15) is 0 Å². The topological polar surface area (TPSA) is 75.6 Å². The smallest absolute Gasteiger partial charge is 0.336 e. The molecule has 2 aliphatic heterocycles. The second-order valence-corrected chi connectivity index (χ2v) is 4.49. The van der Waals surface area contributed by atoms with Crippen molar-refractivity contribution in [3.8, 4) is 0 Å². The molecule has 0 aromatic heterocycles. The van der Waals surface area contributed by atoms with E-state index in [1.807, 2.05) is 0 Å². The van der Waals surface area contributed by atoms with Crippen LogP contribution in [-0.2, 0) is 14.3 Å². The summed E-state index contributed by atoms with van der Waals surface area (Å²) in [5.74, 6) is -0.975. The predicted octanol–water partition coefficient (Wildman–Crippen LogP) is 0.289. The molecule has 1 amide bonds. The molecule has 2 fully saturated rings. The van der Waals surface area contributed by atoms with Crippen LogP contribution in [0.3, 0.4) is 0 Å². The fourth-order valence-corrected chi connectivity index (χ4v) is 2.48. The zero-order chi connectivity index (χ0) is 11.1. The molecule has 0 spiro atoms. The van der Waals surface area contributed by atoms with Gasteiger partial charge in [0.15, 0.2) is 5.60 Å². The van der Waals surface area contributed by atoms with Crippen molar-refractivity contribution in [1.29, 1.82) is 0 Å². The van der Waals surface area contributed by atoms with Gasteiger partial charge in [0.05, 0.1) is 5.60 Å². The van der Waals surface area contributed by atoms with Gasteiger partial charge in [0.1, 0.15) is 0 Å². The summed E-state index contributed by atoms with van der Waals surface area (Å²) in [6.07, 6.45) is 2.56. The first kappa shape index (κ1) is 10.4. The Kier molecular flexibility index (Phi) is 2.22. The number of fused-ring (bicyclic) bond motifs is 2. The zero-order valence-electron chi connectivity index (χ0n) is 8.71. The summed E-state index contributed by atoms with van der Waals surface area (Å²) in [5, 5.41) is 11.8. The van der Waals surface area contributed by atoms with Gasteiger partial charge in [0.25, 0.3) is 0 Å².